The van der Waals surface area contributed by atoms with Crippen molar-refractivity contribution in [3.63, 3.8) is 0 Å². The first-order chi connectivity index (χ1) is 15.8. The SMILES string of the molecule is CCOc1ccc(-c2csc(N(/N=C\c3ccc4c(c3)OCO4)c3ccccc3)n2)cc1. The van der Waals surface area contributed by atoms with Crippen molar-refractivity contribution in [2.24, 2.45) is 5.10 Å². The fourth-order valence-corrected chi connectivity index (χ4v) is 4.11. The second kappa shape index (κ2) is 9.11. The first kappa shape index (κ1) is 20.1. The molecule has 1 aliphatic heterocycles. The van der Waals surface area contributed by atoms with Gasteiger partial charge in [-0.1, -0.05) is 18.2 Å². The summed E-state index contributed by atoms with van der Waals surface area (Å²) in [6.45, 7) is 2.87. The van der Waals surface area contributed by atoms with E-state index in [1.807, 2.05) is 90.1 Å². The maximum atomic E-state index is 5.54. The molecule has 1 aliphatic rings. The summed E-state index contributed by atoms with van der Waals surface area (Å²) < 4.78 is 16.4. The Labute approximate surface area is 190 Å². The van der Waals surface area contributed by atoms with E-state index in [4.69, 9.17) is 24.3 Å². The lowest BCUT2D eigenvalue weighted by atomic mass is 10.2. The Morgan fingerprint density at radius 1 is 1.03 bits per heavy atom. The highest BCUT2D eigenvalue weighted by molar-refractivity contribution is 7.14. The van der Waals surface area contributed by atoms with Gasteiger partial charge in [-0.2, -0.15) is 5.10 Å². The molecule has 0 fully saturated rings. The van der Waals surface area contributed by atoms with Gasteiger partial charge in [-0.3, -0.25) is 0 Å². The van der Waals surface area contributed by atoms with Gasteiger partial charge in [0, 0.05) is 10.9 Å². The minimum absolute atomic E-state index is 0.250. The monoisotopic (exact) mass is 443 g/mol. The van der Waals surface area contributed by atoms with Crippen molar-refractivity contribution in [2.45, 2.75) is 6.92 Å². The van der Waals surface area contributed by atoms with Crippen molar-refractivity contribution in [3.8, 4) is 28.5 Å². The van der Waals surface area contributed by atoms with Gasteiger partial charge in [0.05, 0.1) is 24.2 Å². The number of hydrogen-bond acceptors (Lipinski definition) is 7. The lowest BCUT2D eigenvalue weighted by Crippen LogP contribution is -2.09. The van der Waals surface area contributed by atoms with Gasteiger partial charge >= 0.3 is 0 Å². The summed E-state index contributed by atoms with van der Waals surface area (Å²) in [5.41, 5.74) is 3.77. The maximum absolute atomic E-state index is 5.54. The summed E-state index contributed by atoms with van der Waals surface area (Å²) in [5.74, 6) is 2.33. The number of hydrazone groups is 1. The number of fused-ring (bicyclic) bond motifs is 1. The van der Waals surface area contributed by atoms with Crippen LogP contribution in [0.5, 0.6) is 17.2 Å². The maximum Gasteiger partial charge on any atom is 0.231 e. The Morgan fingerprint density at radius 3 is 2.66 bits per heavy atom. The van der Waals surface area contributed by atoms with Crippen LogP contribution in [0.3, 0.4) is 0 Å². The summed E-state index contributed by atoms with van der Waals surface area (Å²) in [5, 5.41) is 9.40. The van der Waals surface area contributed by atoms with Gasteiger partial charge in [-0.15, -0.1) is 11.3 Å². The highest BCUT2D eigenvalue weighted by Gasteiger charge is 2.15. The third kappa shape index (κ3) is 4.29. The molecule has 5 rings (SSSR count). The molecule has 3 aromatic carbocycles. The third-order valence-electron chi connectivity index (χ3n) is 4.85. The average molecular weight is 444 g/mol. The quantitative estimate of drug-likeness (QED) is 0.255. The number of nitrogens with zero attached hydrogens (tertiary/aromatic N) is 3. The summed E-state index contributed by atoms with van der Waals surface area (Å²) in [4.78, 5) is 4.85. The largest absolute Gasteiger partial charge is 0.494 e. The number of para-hydroxylation sites is 1. The number of hydrogen-bond donors (Lipinski definition) is 0. The highest BCUT2D eigenvalue weighted by Crippen LogP contribution is 2.34. The molecule has 0 unspecified atom stereocenters. The number of ether oxygens (including phenoxy) is 3. The fraction of sp³-hybridized carbons (Fsp3) is 0.120. The van der Waals surface area contributed by atoms with Crippen LogP contribution in [0.15, 0.2) is 83.3 Å². The van der Waals surface area contributed by atoms with E-state index in [1.54, 1.807) is 17.6 Å². The number of anilines is 2. The molecule has 0 N–H and O–H groups in total. The minimum atomic E-state index is 0.250. The van der Waals surface area contributed by atoms with Crippen LogP contribution in [-0.2, 0) is 0 Å². The van der Waals surface area contributed by atoms with E-state index in [0.717, 1.165) is 44.9 Å². The second-order valence-corrected chi connectivity index (χ2v) is 7.81. The Balaban J connectivity index is 1.44. The Morgan fingerprint density at radius 2 is 1.84 bits per heavy atom. The van der Waals surface area contributed by atoms with Gasteiger partial charge in [-0.25, -0.2) is 9.99 Å². The molecule has 1 aromatic heterocycles. The van der Waals surface area contributed by atoms with Crippen LogP contribution in [-0.4, -0.2) is 24.6 Å². The lowest BCUT2D eigenvalue weighted by Gasteiger charge is -2.15. The second-order valence-electron chi connectivity index (χ2n) is 6.98. The van der Waals surface area contributed by atoms with Crippen LogP contribution < -0.4 is 19.2 Å². The van der Waals surface area contributed by atoms with E-state index in [9.17, 15) is 0 Å². The molecule has 0 bridgehead atoms. The van der Waals surface area contributed by atoms with Gasteiger partial charge in [0.25, 0.3) is 0 Å². The minimum Gasteiger partial charge on any atom is -0.494 e. The molecule has 0 saturated carbocycles. The Bertz CT molecular complexity index is 1220. The van der Waals surface area contributed by atoms with Crippen LogP contribution in [0.4, 0.5) is 10.8 Å². The predicted octanol–water partition coefficient (Wildman–Crippen LogP) is 6.11. The van der Waals surface area contributed by atoms with Crippen molar-refractivity contribution < 1.29 is 14.2 Å². The average Bonchev–Trinajstić information content (AvgIpc) is 3.50. The van der Waals surface area contributed by atoms with Gasteiger partial charge < -0.3 is 14.2 Å². The topological polar surface area (TPSA) is 56.2 Å². The molecule has 0 radical (unpaired) electrons. The summed E-state index contributed by atoms with van der Waals surface area (Å²) >= 11 is 1.54. The van der Waals surface area contributed by atoms with Crippen molar-refractivity contribution in [3.05, 3.63) is 83.7 Å². The molecule has 0 atom stereocenters. The first-order valence-corrected chi connectivity index (χ1v) is 11.2. The highest BCUT2D eigenvalue weighted by atomic mass is 32.1. The molecular weight excluding hydrogens is 422 g/mol. The molecule has 160 valence electrons. The van der Waals surface area contributed by atoms with E-state index in [0.29, 0.717) is 6.61 Å². The normalized spacial score (nSPS) is 12.3. The van der Waals surface area contributed by atoms with E-state index < -0.39 is 0 Å². The molecule has 6 nitrogen and oxygen atoms in total. The van der Waals surface area contributed by atoms with Gasteiger partial charge in [0.1, 0.15) is 5.75 Å². The van der Waals surface area contributed by atoms with Crippen molar-refractivity contribution in [1.29, 1.82) is 0 Å². The van der Waals surface area contributed by atoms with Crippen molar-refractivity contribution >= 4 is 28.4 Å². The van der Waals surface area contributed by atoms with Crippen LogP contribution in [0.25, 0.3) is 11.3 Å². The van der Waals surface area contributed by atoms with E-state index >= 15 is 0 Å². The molecule has 2 heterocycles. The van der Waals surface area contributed by atoms with E-state index in [1.165, 1.54) is 0 Å². The molecule has 32 heavy (non-hydrogen) atoms. The molecular formula is C25H21N3O3S. The molecule has 0 spiro atoms. The number of benzene rings is 3. The van der Waals surface area contributed by atoms with Crippen LogP contribution >= 0.6 is 11.3 Å². The summed E-state index contributed by atoms with van der Waals surface area (Å²) in [6.07, 6.45) is 1.80. The zero-order valence-electron chi connectivity index (χ0n) is 17.5. The summed E-state index contributed by atoms with van der Waals surface area (Å²) in [7, 11) is 0. The van der Waals surface area contributed by atoms with Crippen LogP contribution in [0, 0.1) is 0 Å². The zero-order chi connectivity index (χ0) is 21.8. The van der Waals surface area contributed by atoms with Crippen molar-refractivity contribution in [2.75, 3.05) is 18.4 Å². The molecule has 0 amide bonds. The third-order valence-corrected chi connectivity index (χ3v) is 5.67. The van der Waals surface area contributed by atoms with Gasteiger partial charge in [0.2, 0.25) is 11.9 Å². The van der Waals surface area contributed by atoms with E-state index in [-0.39, 0.29) is 6.79 Å². The number of rotatable bonds is 7. The Kier molecular flexibility index (Phi) is 5.72. The van der Waals surface area contributed by atoms with Crippen LogP contribution in [0.2, 0.25) is 0 Å². The Hall–Kier alpha value is -3.84. The smallest absolute Gasteiger partial charge is 0.231 e. The van der Waals surface area contributed by atoms with Crippen molar-refractivity contribution in [1.82, 2.24) is 4.98 Å². The molecule has 7 heteroatoms. The molecule has 0 saturated heterocycles. The van der Waals surface area contributed by atoms with Gasteiger partial charge in [-0.05, 0) is 67.1 Å². The molecule has 4 aromatic rings. The molecule has 0 aliphatic carbocycles. The number of aromatic nitrogens is 1. The fourth-order valence-electron chi connectivity index (χ4n) is 3.30. The lowest BCUT2D eigenvalue weighted by molar-refractivity contribution is 0.174. The van der Waals surface area contributed by atoms with Gasteiger partial charge in [0.15, 0.2) is 11.5 Å². The van der Waals surface area contributed by atoms with Crippen LogP contribution in [0.1, 0.15) is 12.5 Å². The zero-order valence-corrected chi connectivity index (χ0v) is 18.3. The van der Waals surface area contributed by atoms with E-state index in [2.05, 4.69) is 0 Å². The first-order valence-electron chi connectivity index (χ1n) is 10.3. The standard InChI is InChI=1S/C25H21N3O3S/c1-2-29-21-11-9-19(10-12-21)22-16-32-25(27-22)28(20-6-4-3-5-7-20)26-15-18-8-13-23-24(14-18)31-17-30-23/h3-16H,2,17H2,1H3/b26-15-. The predicted molar refractivity (Wildman–Crippen MR) is 127 cm³/mol. The summed E-state index contributed by atoms with van der Waals surface area (Å²) in [6, 6.07) is 23.7. The number of thiazole rings is 1.